The summed E-state index contributed by atoms with van der Waals surface area (Å²) in [5, 5.41) is 3.34. The second-order valence-electron chi connectivity index (χ2n) is 7.12. The Morgan fingerprint density at radius 2 is 2.33 bits per heavy atom. The predicted octanol–water partition coefficient (Wildman–Crippen LogP) is 1.32. The van der Waals surface area contributed by atoms with Gasteiger partial charge in [-0.3, -0.25) is 10.1 Å². The van der Waals surface area contributed by atoms with Crippen molar-refractivity contribution in [2.45, 2.75) is 44.7 Å². The van der Waals surface area contributed by atoms with Crippen molar-refractivity contribution in [3.8, 4) is 0 Å². The maximum absolute atomic E-state index is 12.6. The Morgan fingerprint density at radius 1 is 1.43 bits per heavy atom. The molecule has 2 aliphatic carbocycles. The van der Waals surface area contributed by atoms with Crippen LogP contribution in [-0.2, 0) is 17.8 Å². The van der Waals surface area contributed by atoms with Gasteiger partial charge in [-0.15, -0.1) is 0 Å². The molecule has 21 heavy (non-hydrogen) atoms. The average Bonchev–Trinajstić information content (AvgIpc) is 3.21. The fourth-order valence-corrected chi connectivity index (χ4v) is 4.65. The highest BCUT2D eigenvalue weighted by molar-refractivity contribution is 5.82. The minimum Gasteiger partial charge on any atom is -0.347 e. The maximum atomic E-state index is 12.6. The van der Waals surface area contributed by atoms with Crippen LogP contribution in [-0.4, -0.2) is 40.4 Å². The smallest absolute Gasteiger partial charge is 0.239 e. The number of imidazole rings is 1. The number of nitrogens with one attached hydrogen (secondary N) is 2. The molecule has 0 radical (unpaired) electrons. The summed E-state index contributed by atoms with van der Waals surface area (Å²) in [7, 11) is 1.97. The number of hydrogen-bond donors (Lipinski definition) is 2. The molecule has 5 nitrogen and oxygen atoms in total. The van der Waals surface area contributed by atoms with Gasteiger partial charge in [0.05, 0.1) is 23.8 Å². The standard InChI is InChI=1S/C16H24N4O/c1-20(8-12-5-10-2-3-11(12)4-10)16(21)14-6-13-15(7-17-14)19-9-18-13/h9-12,14,17H,2-8H2,1H3,(H,18,19). The maximum Gasteiger partial charge on any atom is 0.239 e. The summed E-state index contributed by atoms with van der Waals surface area (Å²) in [5.41, 5.74) is 2.16. The van der Waals surface area contributed by atoms with Crippen molar-refractivity contribution in [1.29, 1.82) is 0 Å². The van der Waals surface area contributed by atoms with Crippen LogP contribution in [0.5, 0.6) is 0 Å². The van der Waals surface area contributed by atoms with Gasteiger partial charge in [0.2, 0.25) is 5.91 Å². The lowest BCUT2D eigenvalue weighted by Crippen LogP contribution is -2.49. The fraction of sp³-hybridized carbons (Fsp3) is 0.750. The number of fused-ring (bicyclic) bond motifs is 3. The lowest BCUT2D eigenvalue weighted by molar-refractivity contribution is -0.133. The van der Waals surface area contributed by atoms with Crippen LogP contribution < -0.4 is 5.32 Å². The quantitative estimate of drug-likeness (QED) is 0.882. The molecule has 4 unspecified atom stereocenters. The highest BCUT2D eigenvalue weighted by Crippen LogP contribution is 2.48. The third kappa shape index (κ3) is 2.37. The number of carbonyl (C=O) groups is 1. The Hall–Kier alpha value is -1.36. The van der Waals surface area contributed by atoms with E-state index in [4.69, 9.17) is 0 Å². The first kappa shape index (κ1) is 13.3. The minimum absolute atomic E-state index is 0.107. The molecule has 4 rings (SSSR count). The van der Waals surface area contributed by atoms with E-state index in [9.17, 15) is 4.79 Å². The Bertz CT molecular complexity index is 540. The van der Waals surface area contributed by atoms with Crippen molar-refractivity contribution in [3.63, 3.8) is 0 Å². The molecule has 0 aromatic carbocycles. The number of hydrogen-bond acceptors (Lipinski definition) is 3. The first-order valence-corrected chi connectivity index (χ1v) is 8.20. The zero-order valence-electron chi connectivity index (χ0n) is 12.6. The number of amides is 1. The second kappa shape index (κ2) is 5.13. The molecule has 114 valence electrons. The van der Waals surface area contributed by atoms with Crippen molar-refractivity contribution < 1.29 is 4.79 Å². The number of rotatable bonds is 3. The molecule has 2 fully saturated rings. The van der Waals surface area contributed by atoms with E-state index in [1.165, 1.54) is 25.7 Å². The van der Waals surface area contributed by atoms with Crippen molar-refractivity contribution in [3.05, 3.63) is 17.7 Å². The molecule has 0 spiro atoms. The molecule has 5 heteroatoms. The molecule has 1 aliphatic heterocycles. The molecular formula is C16H24N4O. The number of nitrogens with zero attached hydrogens (tertiary/aromatic N) is 2. The van der Waals surface area contributed by atoms with Gasteiger partial charge < -0.3 is 9.88 Å². The molecule has 2 heterocycles. The average molecular weight is 288 g/mol. The molecule has 1 amide bonds. The molecule has 3 aliphatic rings. The van der Waals surface area contributed by atoms with E-state index in [2.05, 4.69) is 15.3 Å². The van der Waals surface area contributed by atoms with E-state index in [1.54, 1.807) is 6.33 Å². The number of H-pyrrole nitrogens is 1. The highest BCUT2D eigenvalue weighted by atomic mass is 16.2. The largest absolute Gasteiger partial charge is 0.347 e. The van der Waals surface area contributed by atoms with Gasteiger partial charge in [0.15, 0.2) is 0 Å². The lowest BCUT2D eigenvalue weighted by Gasteiger charge is -2.31. The Kier molecular flexibility index (Phi) is 3.25. The van der Waals surface area contributed by atoms with Gasteiger partial charge >= 0.3 is 0 Å². The number of carbonyl (C=O) groups excluding carboxylic acids is 1. The summed E-state index contributed by atoms with van der Waals surface area (Å²) < 4.78 is 0. The molecule has 1 aromatic rings. The zero-order valence-corrected chi connectivity index (χ0v) is 12.6. The van der Waals surface area contributed by atoms with E-state index in [1.807, 2.05) is 11.9 Å². The Labute approximate surface area is 125 Å². The SMILES string of the molecule is CN(CC1CC2CCC1C2)C(=O)C1Cc2nc[nH]c2CN1. The molecular weight excluding hydrogens is 264 g/mol. The van der Waals surface area contributed by atoms with Crippen molar-refractivity contribution in [2.24, 2.45) is 17.8 Å². The van der Waals surface area contributed by atoms with Crippen LogP contribution in [0.3, 0.4) is 0 Å². The normalized spacial score (nSPS) is 34.0. The molecule has 2 saturated carbocycles. The Balaban J connectivity index is 1.36. The number of aromatic nitrogens is 2. The summed E-state index contributed by atoms with van der Waals surface area (Å²) in [5.74, 6) is 2.79. The van der Waals surface area contributed by atoms with Crippen molar-refractivity contribution in [2.75, 3.05) is 13.6 Å². The van der Waals surface area contributed by atoms with Crippen LogP contribution in [0.1, 0.15) is 37.1 Å². The summed E-state index contributed by atoms with van der Waals surface area (Å²) in [6, 6.07) is -0.107. The summed E-state index contributed by atoms with van der Waals surface area (Å²) in [6.45, 7) is 1.65. The predicted molar refractivity (Wildman–Crippen MR) is 79.5 cm³/mol. The van der Waals surface area contributed by atoms with E-state index in [-0.39, 0.29) is 11.9 Å². The van der Waals surface area contributed by atoms with Crippen molar-refractivity contribution in [1.82, 2.24) is 20.2 Å². The first-order valence-electron chi connectivity index (χ1n) is 8.20. The van der Waals surface area contributed by atoms with Crippen LogP contribution in [0, 0.1) is 17.8 Å². The minimum atomic E-state index is -0.107. The lowest BCUT2D eigenvalue weighted by atomic mass is 9.88. The highest BCUT2D eigenvalue weighted by Gasteiger charge is 2.40. The van der Waals surface area contributed by atoms with E-state index < -0.39 is 0 Å². The zero-order chi connectivity index (χ0) is 14.4. The van der Waals surface area contributed by atoms with Crippen LogP contribution in [0.4, 0.5) is 0 Å². The third-order valence-corrected chi connectivity index (χ3v) is 5.80. The fourth-order valence-electron chi connectivity index (χ4n) is 4.65. The van der Waals surface area contributed by atoms with Gasteiger partial charge in [-0.2, -0.15) is 0 Å². The molecule has 1 aromatic heterocycles. The summed E-state index contributed by atoms with van der Waals surface area (Å²) in [4.78, 5) is 22.0. The second-order valence-corrected chi connectivity index (χ2v) is 7.12. The number of likely N-dealkylation sites (N-methyl/N-ethyl adjacent to an activating group) is 1. The first-order chi connectivity index (χ1) is 10.2. The van der Waals surface area contributed by atoms with Crippen LogP contribution in [0.2, 0.25) is 0 Å². The monoisotopic (exact) mass is 288 g/mol. The van der Waals surface area contributed by atoms with Gasteiger partial charge in [0.1, 0.15) is 0 Å². The van der Waals surface area contributed by atoms with E-state index >= 15 is 0 Å². The van der Waals surface area contributed by atoms with Gasteiger partial charge in [0, 0.05) is 26.6 Å². The molecule has 0 saturated heterocycles. The topological polar surface area (TPSA) is 61.0 Å². The van der Waals surface area contributed by atoms with Crippen LogP contribution in [0.15, 0.2) is 6.33 Å². The molecule has 2 N–H and O–H groups in total. The van der Waals surface area contributed by atoms with Crippen molar-refractivity contribution >= 4 is 5.91 Å². The van der Waals surface area contributed by atoms with Crippen LogP contribution >= 0.6 is 0 Å². The van der Waals surface area contributed by atoms with Gasteiger partial charge in [-0.05, 0) is 37.0 Å². The number of aromatic amines is 1. The summed E-state index contributed by atoms with van der Waals surface area (Å²) in [6.07, 6.45) is 7.98. The van der Waals surface area contributed by atoms with Gasteiger partial charge in [0.25, 0.3) is 0 Å². The van der Waals surface area contributed by atoms with E-state index in [0.29, 0.717) is 13.0 Å². The van der Waals surface area contributed by atoms with E-state index in [0.717, 1.165) is 35.7 Å². The van der Waals surface area contributed by atoms with Gasteiger partial charge in [-0.1, -0.05) is 6.42 Å². The molecule has 4 atom stereocenters. The third-order valence-electron chi connectivity index (χ3n) is 5.80. The Morgan fingerprint density at radius 3 is 3.10 bits per heavy atom. The summed E-state index contributed by atoms with van der Waals surface area (Å²) >= 11 is 0. The molecule has 2 bridgehead atoms. The van der Waals surface area contributed by atoms with Gasteiger partial charge in [-0.25, -0.2) is 4.98 Å². The van der Waals surface area contributed by atoms with Crippen LogP contribution in [0.25, 0.3) is 0 Å².